The molecule has 0 amide bonds. The fraction of sp³-hybridized carbons (Fsp3) is 0.545. The third-order valence-corrected chi connectivity index (χ3v) is 3.20. The summed E-state index contributed by atoms with van der Waals surface area (Å²) < 4.78 is 10.9. The number of ether oxygens (including phenoxy) is 2. The van der Waals surface area contributed by atoms with Crippen molar-refractivity contribution in [3.8, 4) is 0 Å². The molecule has 2 heterocycles. The Kier molecular flexibility index (Phi) is 4.05. The summed E-state index contributed by atoms with van der Waals surface area (Å²) in [4.78, 5) is 8.52. The molecule has 98 valence electrons. The van der Waals surface area contributed by atoms with Crippen molar-refractivity contribution in [2.75, 3.05) is 32.2 Å². The summed E-state index contributed by atoms with van der Waals surface area (Å²) in [6.07, 6.45) is 4.00. The first-order valence-electron chi connectivity index (χ1n) is 5.64. The molecule has 1 fully saturated rings. The van der Waals surface area contributed by atoms with E-state index in [1.165, 1.54) is 0 Å². The largest absolute Gasteiger partial charge is 0.388 e. The SMILES string of the molecule is COC1(CNc2nccnc2C(N)=S)CCOC1. The van der Waals surface area contributed by atoms with Crippen molar-refractivity contribution in [1.29, 1.82) is 0 Å². The normalized spacial score (nSPS) is 22.9. The quantitative estimate of drug-likeness (QED) is 0.744. The van der Waals surface area contributed by atoms with E-state index in [0.717, 1.165) is 6.42 Å². The lowest BCUT2D eigenvalue weighted by atomic mass is 10.0. The molecular weight excluding hydrogens is 252 g/mol. The Morgan fingerprint density at radius 1 is 1.61 bits per heavy atom. The van der Waals surface area contributed by atoms with Gasteiger partial charge in [0.1, 0.15) is 16.3 Å². The number of nitrogens with zero attached hydrogens (tertiary/aromatic N) is 2. The van der Waals surface area contributed by atoms with E-state index >= 15 is 0 Å². The van der Waals surface area contributed by atoms with Crippen LogP contribution in [0.4, 0.5) is 5.82 Å². The average molecular weight is 268 g/mol. The van der Waals surface area contributed by atoms with E-state index in [9.17, 15) is 0 Å². The predicted octanol–water partition coefficient (Wildman–Crippen LogP) is 0.328. The Morgan fingerprint density at radius 2 is 2.39 bits per heavy atom. The molecule has 1 atom stereocenters. The number of thiocarbonyl (C=S) groups is 1. The zero-order chi connectivity index (χ0) is 13.0. The number of nitrogens with one attached hydrogen (secondary N) is 1. The van der Waals surface area contributed by atoms with Gasteiger partial charge in [-0.1, -0.05) is 12.2 Å². The summed E-state index contributed by atoms with van der Waals surface area (Å²) in [6.45, 7) is 1.86. The van der Waals surface area contributed by atoms with Crippen LogP contribution in [-0.4, -0.2) is 47.4 Å². The highest BCUT2D eigenvalue weighted by atomic mass is 32.1. The minimum absolute atomic E-state index is 0.222. The van der Waals surface area contributed by atoms with Crippen LogP contribution in [-0.2, 0) is 9.47 Å². The molecule has 0 spiro atoms. The standard InChI is InChI=1S/C11H16N4O2S/c1-16-11(2-5-17-7-11)6-15-10-8(9(12)18)13-3-4-14-10/h3-4H,2,5-7H2,1H3,(H2,12,18)(H,14,15). The fourth-order valence-corrected chi connectivity index (χ4v) is 2.00. The topological polar surface area (TPSA) is 82.3 Å². The van der Waals surface area contributed by atoms with Gasteiger partial charge in [0.15, 0.2) is 5.82 Å². The van der Waals surface area contributed by atoms with Crippen molar-refractivity contribution in [3.05, 3.63) is 18.1 Å². The van der Waals surface area contributed by atoms with E-state index < -0.39 is 0 Å². The molecule has 0 radical (unpaired) electrons. The molecule has 7 heteroatoms. The summed E-state index contributed by atoms with van der Waals surface area (Å²) in [5.41, 5.74) is 5.78. The third kappa shape index (κ3) is 2.74. The Bertz CT molecular complexity index is 435. The highest BCUT2D eigenvalue weighted by molar-refractivity contribution is 7.80. The third-order valence-electron chi connectivity index (χ3n) is 3.01. The Labute approximate surface area is 111 Å². The molecule has 1 unspecified atom stereocenters. The molecule has 1 aromatic rings. The molecule has 0 aliphatic carbocycles. The maximum absolute atomic E-state index is 5.60. The van der Waals surface area contributed by atoms with Gasteiger partial charge in [-0.05, 0) is 0 Å². The van der Waals surface area contributed by atoms with Crippen molar-refractivity contribution < 1.29 is 9.47 Å². The molecule has 1 aromatic heterocycles. The van der Waals surface area contributed by atoms with Crippen LogP contribution in [0.25, 0.3) is 0 Å². The van der Waals surface area contributed by atoms with Gasteiger partial charge in [0.25, 0.3) is 0 Å². The summed E-state index contributed by atoms with van der Waals surface area (Å²) >= 11 is 4.93. The Hall–Kier alpha value is -1.31. The minimum atomic E-state index is -0.314. The van der Waals surface area contributed by atoms with Crippen molar-refractivity contribution in [3.63, 3.8) is 0 Å². The van der Waals surface area contributed by atoms with Crippen LogP contribution in [0.3, 0.4) is 0 Å². The molecule has 1 aliphatic heterocycles. The van der Waals surface area contributed by atoms with Crippen LogP contribution in [0.2, 0.25) is 0 Å². The number of hydrogen-bond donors (Lipinski definition) is 2. The number of nitrogens with two attached hydrogens (primary N) is 1. The van der Waals surface area contributed by atoms with Gasteiger partial charge in [-0.15, -0.1) is 0 Å². The second-order valence-electron chi connectivity index (χ2n) is 4.16. The fourth-order valence-electron chi connectivity index (χ4n) is 1.85. The van der Waals surface area contributed by atoms with Crippen molar-refractivity contribution in [2.24, 2.45) is 5.73 Å². The van der Waals surface area contributed by atoms with E-state index in [4.69, 9.17) is 27.4 Å². The Balaban J connectivity index is 2.08. The molecule has 6 nitrogen and oxygen atoms in total. The molecule has 3 N–H and O–H groups in total. The first kappa shape index (κ1) is 13.1. The van der Waals surface area contributed by atoms with Gasteiger partial charge in [0.2, 0.25) is 0 Å². The van der Waals surface area contributed by atoms with Crippen LogP contribution in [0.1, 0.15) is 12.1 Å². The lowest BCUT2D eigenvalue weighted by molar-refractivity contribution is -0.00625. The molecular formula is C11H16N4O2S. The maximum atomic E-state index is 5.60. The first-order chi connectivity index (χ1) is 8.67. The van der Waals surface area contributed by atoms with Gasteiger partial charge >= 0.3 is 0 Å². The van der Waals surface area contributed by atoms with E-state index in [-0.39, 0.29) is 10.6 Å². The van der Waals surface area contributed by atoms with E-state index in [0.29, 0.717) is 31.3 Å². The van der Waals surface area contributed by atoms with Crippen LogP contribution < -0.4 is 11.1 Å². The van der Waals surface area contributed by atoms with Gasteiger partial charge < -0.3 is 20.5 Å². The smallest absolute Gasteiger partial charge is 0.155 e. The average Bonchev–Trinajstić information content (AvgIpc) is 2.86. The minimum Gasteiger partial charge on any atom is -0.388 e. The monoisotopic (exact) mass is 268 g/mol. The van der Waals surface area contributed by atoms with E-state index in [1.807, 2.05) is 0 Å². The van der Waals surface area contributed by atoms with Gasteiger partial charge in [0.05, 0.1) is 6.61 Å². The number of aromatic nitrogens is 2. The number of methoxy groups -OCH3 is 1. The van der Waals surface area contributed by atoms with Crippen molar-refractivity contribution in [2.45, 2.75) is 12.0 Å². The number of hydrogen-bond acceptors (Lipinski definition) is 6. The Morgan fingerprint density at radius 3 is 3.00 bits per heavy atom. The van der Waals surface area contributed by atoms with E-state index in [1.54, 1.807) is 19.5 Å². The lowest BCUT2D eigenvalue weighted by Crippen LogP contribution is -2.40. The van der Waals surface area contributed by atoms with Gasteiger partial charge in [0, 0.05) is 39.1 Å². The summed E-state index contributed by atoms with van der Waals surface area (Å²) in [5, 5.41) is 3.18. The highest BCUT2D eigenvalue weighted by Gasteiger charge is 2.35. The number of rotatable bonds is 5. The molecule has 0 aromatic carbocycles. The van der Waals surface area contributed by atoms with Gasteiger partial charge in [-0.3, -0.25) is 0 Å². The number of anilines is 1. The van der Waals surface area contributed by atoms with Gasteiger partial charge in [-0.2, -0.15) is 0 Å². The first-order valence-corrected chi connectivity index (χ1v) is 6.05. The summed E-state index contributed by atoms with van der Waals surface area (Å²) in [6, 6.07) is 0. The predicted molar refractivity (Wildman–Crippen MR) is 71.6 cm³/mol. The van der Waals surface area contributed by atoms with Crippen LogP contribution in [0, 0.1) is 0 Å². The van der Waals surface area contributed by atoms with Crippen LogP contribution >= 0.6 is 12.2 Å². The second kappa shape index (κ2) is 5.55. The molecule has 18 heavy (non-hydrogen) atoms. The second-order valence-corrected chi connectivity index (χ2v) is 4.60. The zero-order valence-electron chi connectivity index (χ0n) is 10.2. The van der Waals surface area contributed by atoms with Crippen LogP contribution in [0.5, 0.6) is 0 Å². The van der Waals surface area contributed by atoms with E-state index in [2.05, 4.69) is 15.3 Å². The lowest BCUT2D eigenvalue weighted by Gasteiger charge is -2.26. The molecule has 1 saturated heterocycles. The van der Waals surface area contributed by atoms with Crippen molar-refractivity contribution in [1.82, 2.24) is 9.97 Å². The van der Waals surface area contributed by atoms with Gasteiger partial charge in [-0.25, -0.2) is 9.97 Å². The maximum Gasteiger partial charge on any atom is 0.155 e. The van der Waals surface area contributed by atoms with Crippen LogP contribution in [0.15, 0.2) is 12.4 Å². The molecule has 0 saturated carbocycles. The zero-order valence-corrected chi connectivity index (χ0v) is 11.0. The molecule has 2 rings (SSSR count). The molecule has 1 aliphatic rings. The van der Waals surface area contributed by atoms with Crippen molar-refractivity contribution >= 4 is 23.0 Å². The highest BCUT2D eigenvalue weighted by Crippen LogP contribution is 2.23. The summed E-state index contributed by atoms with van der Waals surface area (Å²) in [7, 11) is 1.68. The summed E-state index contributed by atoms with van der Waals surface area (Å²) in [5.74, 6) is 0.577. The molecule has 0 bridgehead atoms.